The summed E-state index contributed by atoms with van der Waals surface area (Å²) in [6.45, 7) is 4.47. The van der Waals surface area contributed by atoms with Crippen molar-refractivity contribution < 1.29 is 9.18 Å². The Bertz CT molecular complexity index is 653. The van der Waals surface area contributed by atoms with Crippen LogP contribution < -0.4 is 10.2 Å². The van der Waals surface area contributed by atoms with Gasteiger partial charge < -0.3 is 10.2 Å². The quantitative estimate of drug-likeness (QED) is 0.940. The molecule has 1 aliphatic rings. The number of anilines is 1. The summed E-state index contributed by atoms with van der Waals surface area (Å²) in [5.41, 5.74) is 0.910. The first-order chi connectivity index (χ1) is 9.70. The van der Waals surface area contributed by atoms with Gasteiger partial charge in [-0.05, 0) is 24.6 Å². The summed E-state index contributed by atoms with van der Waals surface area (Å²) in [4.78, 5) is 15.1. The highest BCUT2D eigenvalue weighted by Gasteiger charge is 2.25. The molecule has 0 spiro atoms. The van der Waals surface area contributed by atoms with Gasteiger partial charge in [0, 0.05) is 29.7 Å². The van der Waals surface area contributed by atoms with E-state index in [-0.39, 0.29) is 11.7 Å². The van der Waals surface area contributed by atoms with Gasteiger partial charge in [-0.25, -0.2) is 4.39 Å². The van der Waals surface area contributed by atoms with Crippen LogP contribution in [0.5, 0.6) is 0 Å². The lowest BCUT2D eigenvalue weighted by atomic mass is 10.2. The molecule has 0 unspecified atom stereocenters. The molecule has 0 saturated carbocycles. The van der Waals surface area contributed by atoms with E-state index in [4.69, 9.17) is 0 Å². The molecule has 0 aliphatic carbocycles. The molecule has 2 heterocycles. The molecule has 3 nitrogen and oxygen atoms in total. The second-order valence-corrected chi connectivity index (χ2v) is 6.07. The number of thiophene rings is 1. The van der Waals surface area contributed by atoms with Gasteiger partial charge in [0.1, 0.15) is 10.7 Å². The molecule has 1 aliphatic heterocycles. The van der Waals surface area contributed by atoms with E-state index in [2.05, 4.69) is 17.1 Å². The number of carbonyl (C=O) groups excluding carboxylic acids is 1. The number of hydrogen-bond donors (Lipinski definition) is 1. The van der Waals surface area contributed by atoms with Crippen molar-refractivity contribution in [3.05, 3.63) is 28.9 Å². The summed E-state index contributed by atoms with van der Waals surface area (Å²) in [7, 11) is 0. The number of rotatable bonds is 3. The molecule has 2 aromatic rings. The SMILES string of the molecule is CCCCN1CCNC(=O)c2sc3ccc(F)cc3c21. The molecular formula is C15H17FN2OS. The third kappa shape index (κ3) is 2.26. The number of fused-ring (bicyclic) bond motifs is 3. The number of nitrogens with one attached hydrogen (secondary N) is 1. The van der Waals surface area contributed by atoms with Crippen LogP contribution in [0.2, 0.25) is 0 Å². The maximum absolute atomic E-state index is 13.5. The monoisotopic (exact) mass is 292 g/mol. The van der Waals surface area contributed by atoms with E-state index in [9.17, 15) is 9.18 Å². The fraction of sp³-hybridized carbons (Fsp3) is 0.400. The minimum absolute atomic E-state index is 0.0411. The maximum atomic E-state index is 13.5. The molecule has 0 radical (unpaired) electrons. The van der Waals surface area contributed by atoms with E-state index in [1.54, 1.807) is 12.1 Å². The third-order valence-electron chi connectivity index (χ3n) is 3.60. The lowest BCUT2D eigenvalue weighted by molar-refractivity contribution is 0.0962. The Morgan fingerprint density at radius 3 is 3.10 bits per heavy atom. The predicted molar refractivity (Wildman–Crippen MR) is 81.2 cm³/mol. The first kappa shape index (κ1) is 13.4. The van der Waals surface area contributed by atoms with E-state index in [0.717, 1.165) is 41.7 Å². The zero-order valence-corrected chi connectivity index (χ0v) is 12.2. The van der Waals surface area contributed by atoms with Crippen molar-refractivity contribution in [2.45, 2.75) is 19.8 Å². The van der Waals surface area contributed by atoms with E-state index in [0.29, 0.717) is 11.4 Å². The summed E-state index contributed by atoms with van der Waals surface area (Å²) in [6, 6.07) is 4.75. The summed E-state index contributed by atoms with van der Waals surface area (Å²) in [5.74, 6) is -0.293. The number of benzene rings is 1. The van der Waals surface area contributed by atoms with Crippen LogP contribution in [0.3, 0.4) is 0 Å². The van der Waals surface area contributed by atoms with Gasteiger partial charge in [-0.2, -0.15) is 0 Å². The van der Waals surface area contributed by atoms with Crippen LogP contribution in [0.4, 0.5) is 10.1 Å². The van der Waals surface area contributed by atoms with Crippen molar-refractivity contribution in [3.8, 4) is 0 Å². The molecule has 5 heteroatoms. The number of nitrogens with zero attached hydrogens (tertiary/aromatic N) is 1. The maximum Gasteiger partial charge on any atom is 0.263 e. The molecule has 106 valence electrons. The average molecular weight is 292 g/mol. The van der Waals surface area contributed by atoms with Crippen LogP contribution in [-0.2, 0) is 0 Å². The topological polar surface area (TPSA) is 32.3 Å². The van der Waals surface area contributed by atoms with Crippen LogP contribution in [-0.4, -0.2) is 25.5 Å². The molecule has 20 heavy (non-hydrogen) atoms. The highest BCUT2D eigenvalue weighted by atomic mass is 32.1. The average Bonchev–Trinajstić information content (AvgIpc) is 2.73. The number of halogens is 1. The lowest BCUT2D eigenvalue weighted by Crippen LogP contribution is -2.30. The minimum atomic E-state index is -0.252. The van der Waals surface area contributed by atoms with E-state index in [1.807, 2.05) is 0 Å². The van der Waals surface area contributed by atoms with Crippen LogP contribution in [0.15, 0.2) is 18.2 Å². The van der Waals surface area contributed by atoms with Gasteiger partial charge in [-0.15, -0.1) is 11.3 Å². The molecule has 0 atom stereocenters. The normalized spacial score (nSPS) is 15.1. The largest absolute Gasteiger partial charge is 0.368 e. The molecule has 1 aromatic carbocycles. The fourth-order valence-electron chi connectivity index (χ4n) is 2.59. The Hall–Kier alpha value is -1.62. The van der Waals surface area contributed by atoms with Crippen molar-refractivity contribution in [1.29, 1.82) is 0 Å². The summed E-state index contributed by atoms with van der Waals surface area (Å²) in [5, 5.41) is 3.78. The molecule has 0 bridgehead atoms. The van der Waals surface area contributed by atoms with Crippen molar-refractivity contribution in [3.63, 3.8) is 0 Å². The zero-order valence-electron chi connectivity index (χ0n) is 11.4. The van der Waals surface area contributed by atoms with Crippen LogP contribution in [0.1, 0.15) is 29.4 Å². The summed E-state index contributed by atoms with van der Waals surface area (Å²) < 4.78 is 14.5. The zero-order chi connectivity index (χ0) is 14.1. The molecule has 1 amide bonds. The number of unbranched alkanes of at least 4 members (excludes halogenated alkanes) is 1. The van der Waals surface area contributed by atoms with Gasteiger partial charge in [-0.3, -0.25) is 4.79 Å². The van der Waals surface area contributed by atoms with Crippen LogP contribution in [0, 0.1) is 5.82 Å². The standard InChI is InChI=1S/C15H17FN2OS/c1-2-3-7-18-8-6-17-15(19)14-13(18)11-9-10(16)4-5-12(11)20-14/h4-5,9H,2-3,6-8H2,1H3,(H,17,19). The first-order valence-electron chi connectivity index (χ1n) is 6.96. The smallest absolute Gasteiger partial charge is 0.263 e. The second-order valence-electron chi connectivity index (χ2n) is 5.02. The first-order valence-corrected chi connectivity index (χ1v) is 7.77. The van der Waals surface area contributed by atoms with Gasteiger partial charge in [-0.1, -0.05) is 13.3 Å². The summed E-state index contributed by atoms with van der Waals surface area (Å²) >= 11 is 1.45. The third-order valence-corrected chi connectivity index (χ3v) is 4.75. The predicted octanol–water partition coefficient (Wildman–Crippen LogP) is 3.39. The van der Waals surface area contributed by atoms with Gasteiger partial charge in [0.2, 0.25) is 0 Å². The van der Waals surface area contributed by atoms with Crippen molar-refractivity contribution >= 4 is 33.0 Å². The Kier molecular flexibility index (Phi) is 3.61. The van der Waals surface area contributed by atoms with Crippen molar-refractivity contribution in [2.24, 2.45) is 0 Å². The van der Waals surface area contributed by atoms with E-state index in [1.165, 1.54) is 17.4 Å². The minimum Gasteiger partial charge on any atom is -0.368 e. The molecular weight excluding hydrogens is 275 g/mol. The second kappa shape index (κ2) is 5.40. The molecule has 3 rings (SSSR count). The number of hydrogen-bond acceptors (Lipinski definition) is 3. The van der Waals surface area contributed by atoms with Gasteiger partial charge in [0.15, 0.2) is 0 Å². The molecule has 0 fully saturated rings. The van der Waals surface area contributed by atoms with E-state index >= 15 is 0 Å². The van der Waals surface area contributed by atoms with Crippen molar-refractivity contribution in [1.82, 2.24) is 5.32 Å². The van der Waals surface area contributed by atoms with Crippen LogP contribution >= 0.6 is 11.3 Å². The van der Waals surface area contributed by atoms with E-state index < -0.39 is 0 Å². The van der Waals surface area contributed by atoms with Crippen LogP contribution in [0.25, 0.3) is 10.1 Å². The summed E-state index contributed by atoms with van der Waals surface area (Å²) in [6.07, 6.45) is 2.17. The molecule has 1 N–H and O–H groups in total. The van der Waals surface area contributed by atoms with Gasteiger partial charge in [0.05, 0.1) is 5.69 Å². The molecule has 1 aromatic heterocycles. The Labute approximate surface area is 121 Å². The van der Waals surface area contributed by atoms with Crippen molar-refractivity contribution in [2.75, 3.05) is 24.5 Å². The number of amides is 1. The molecule has 0 saturated heterocycles. The Morgan fingerprint density at radius 1 is 1.45 bits per heavy atom. The Morgan fingerprint density at radius 2 is 2.30 bits per heavy atom. The number of carbonyl (C=O) groups is 1. The highest BCUT2D eigenvalue weighted by molar-refractivity contribution is 7.21. The lowest BCUT2D eigenvalue weighted by Gasteiger charge is -2.22. The Balaban J connectivity index is 2.15. The highest BCUT2D eigenvalue weighted by Crippen LogP contribution is 2.39. The fourth-order valence-corrected chi connectivity index (χ4v) is 3.72. The van der Waals surface area contributed by atoms with Gasteiger partial charge >= 0.3 is 0 Å². The van der Waals surface area contributed by atoms with Gasteiger partial charge in [0.25, 0.3) is 5.91 Å².